The summed E-state index contributed by atoms with van der Waals surface area (Å²) >= 11 is 0. The van der Waals surface area contributed by atoms with E-state index in [2.05, 4.69) is 16.0 Å². The van der Waals surface area contributed by atoms with E-state index in [0.29, 0.717) is 37.2 Å². The first kappa shape index (κ1) is 21.7. The van der Waals surface area contributed by atoms with Gasteiger partial charge in [-0.3, -0.25) is 14.9 Å². The molecule has 33 heavy (non-hydrogen) atoms. The van der Waals surface area contributed by atoms with Crippen molar-refractivity contribution in [1.29, 1.82) is 5.26 Å². The van der Waals surface area contributed by atoms with Crippen LogP contribution in [0.1, 0.15) is 18.4 Å². The number of piperidine rings is 1. The Morgan fingerprint density at radius 3 is 2.24 bits per heavy atom. The molecule has 1 aromatic heterocycles. The molecule has 1 aliphatic heterocycles. The summed E-state index contributed by atoms with van der Waals surface area (Å²) in [6, 6.07) is 16.2. The number of nitrogens with zero attached hydrogens (tertiary/aromatic N) is 5. The number of hydrogen-bond acceptors (Lipinski definition) is 8. The maximum Gasteiger partial charge on any atom is 0.373 e. The number of hydrogen-bond donors (Lipinski definition) is 1. The number of carboxylic acids is 1. The molecular weight excluding hydrogens is 426 g/mol. The standard InChI is InChI=1S/C23H19N5O5/c24-13-15-1-3-16(4-2-15)17-5-7-19(8-6-17)33-22-20(28(31)32)21(25-14-26-22)27-11-9-18(10-12-27)23(29)30/h1-8,14,18H,9-12H2,(H,29,30). The molecular formula is C23H19N5O5. The minimum Gasteiger partial charge on any atom is -0.481 e. The zero-order valence-corrected chi connectivity index (χ0v) is 17.4. The van der Waals surface area contributed by atoms with Gasteiger partial charge in [-0.15, -0.1) is 0 Å². The van der Waals surface area contributed by atoms with E-state index in [-0.39, 0.29) is 17.4 Å². The van der Waals surface area contributed by atoms with Crippen LogP contribution in [0.25, 0.3) is 11.1 Å². The molecule has 1 fully saturated rings. The predicted octanol–water partition coefficient (Wildman–Crippen LogP) is 4.02. The fourth-order valence-electron chi connectivity index (χ4n) is 3.72. The van der Waals surface area contributed by atoms with E-state index in [1.165, 1.54) is 6.33 Å². The minimum atomic E-state index is -0.861. The SMILES string of the molecule is N#Cc1ccc(-c2ccc(Oc3ncnc(N4CCC(C(=O)O)CC4)c3[N+](=O)[O-])cc2)cc1. The molecule has 0 spiro atoms. The van der Waals surface area contributed by atoms with Crippen LogP contribution in [0, 0.1) is 27.4 Å². The van der Waals surface area contributed by atoms with Crippen LogP contribution < -0.4 is 9.64 Å². The van der Waals surface area contributed by atoms with Crippen LogP contribution in [0.2, 0.25) is 0 Å². The summed E-state index contributed by atoms with van der Waals surface area (Å²) in [6.07, 6.45) is 1.96. The van der Waals surface area contributed by atoms with Gasteiger partial charge >= 0.3 is 17.5 Å². The van der Waals surface area contributed by atoms with Gasteiger partial charge in [0.25, 0.3) is 0 Å². The van der Waals surface area contributed by atoms with Crippen LogP contribution in [0.3, 0.4) is 0 Å². The van der Waals surface area contributed by atoms with Gasteiger partial charge in [-0.05, 0) is 48.2 Å². The number of ether oxygens (including phenoxy) is 1. The van der Waals surface area contributed by atoms with Crippen LogP contribution >= 0.6 is 0 Å². The summed E-state index contributed by atoms with van der Waals surface area (Å²) in [6.45, 7) is 0.682. The fraction of sp³-hybridized carbons (Fsp3) is 0.217. The minimum absolute atomic E-state index is 0.114. The smallest absolute Gasteiger partial charge is 0.373 e. The van der Waals surface area contributed by atoms with Gasteiger partial charge in [-0.25, -0.2) is 4.98 Å². The Morgan fingerprint density at radius 2 is 1.70 bits per heavy atom. The lowest BCUT2D eigenvalue weighted by Crippen LogP contribution is -2.37. The van der Waals surface area contributed by atoms with Gasteiger partial charge in [0.05, 0.1) is 22.5 Å². The predicted molar refractivity (Wildman–Crippen MR) is 118 cm³/mol. The molecule has 0 radical (unpaired) electrons. The van der Waals surface area contributed by atoms with E-state index in [9.17, 15) is 20.0 Å². The quantitative estimate of drug-likeness (QED) is 0.439. The molecule has 2 aromatic carbocycles. The average molecular weight is 445 g/mol. The number of aliphatic carboxylic acids is 1. The summed E-state index contributed by atoms with van der Waals surface area (Å²) in [7, 11) is 0. The Labute approximate surface area is 188 Å². The molecule has 10 heteroatoms. The number of carboxylic acid groups (broad SMARTS) is 1. The summed E-state index contributed by atoms with van der Waals surface area (Å²) in [5, 5.41) is 29.9. The van der Waals surface area contributed by atoms with E-state index >= 15 is 0 Å². The van der Waals surface area contributed by atoms with Gasteiger partial charge in [-0.2, -0.15) is 10.2 Å². The third kappa shape index (κ3) is 4.72. The van der Waals surface area contributed by atoms with Crippen molar-refractivity contribution in [2.75, 3.05) is 18.0 Å². The second-order valence-electron chi connectivity index (χ2n) is 7.52. The highest BCUT2D eigenvalue weighted by atomic mass is 16.6. The molecule has 3 aromatic rings. The largest absolute Gasteiger partial charge is 0.481 e. The van der Waals surface area contributed by atoms with Gasteiger partial charge in [0.2, 0.25) is 5.82 Å². The van der Waals surface area contributed by atoms with E-state index in [1.54, 1.807) is 41.3 Å². The van der Waals surface area contributed by atoms with Crippen LogP contribution in [0.5, 0.6) is 11.6 Å². The number of anilines is 1. The van der Waals surface area contributed by atoms with E-state index in [4.69, 9.17) is 10.00 Å². The Kier molecular flexibility index (Phi) is 6.13. The summed E-state index contributed by atoms with van der Waals surface area (Å²) < 4.78 is 5.73. The third-order valence-electron chi connectivity index (χ3n) is 5.51. The topological polar surface area (TPSA) is 142 Å². The van der Waals surface area contributed by atoms with Gasteiger partial charge < -0.3 is 14.7 Å². The number of aromatic nitrogens is 2. The molecule has 0 saturated carbocycles. The first-order valence-corrected chi connectivity index (χ1v) is 10.2. The molecule has 0 aliphatic carbocycles. The van der Waals surface area contributed by atoms with E-state index in [0.717, 1.165) is 11.1 Å². The third-order valence-corrected chi connectivity index (χ3v) is 5.51. The Hall–Kier alpha value is -4.52. The number of nitriles is 1. The van der Waals surface area contributed by atoms with Crippen molar-refractivity contribution in [2.24, 2.45) is 5.92 Å². The van der Waals surface area contributed by atoms with Crippen LogP contribution in [-0.2, 0) is 4.79 Å². The molecule has 0 bridgehead atoms. The molecule has 1 saturated heterocycles. The molecule has 4 rings (SSSR count). The molecule has 1 aliphatic rings. The normalized spacial score (nSPS) is 13.8. The van der Waals surface area contributed by atoms with Crippen LogP contribution in [0.15, 0.2) is 54.9 Å². The number of nitro groups is 1. The van der Waals surface area contributed by atoms with E-state index in [1.807, 2.05) is 12.1 Å². The fourth-order valence-corrected chi connectivity index (χ4v) is 3.72. The molecule has 2 heterocycles. The Bertz CT molecular complexity index is 1210. The molecule has 10 nitrogen and oxygen atoms in total. The monoisotopic (exact) mass is 445 g/mol. The average Bonchev–Trinajstić information content (AvgIpc) is 2.84. The maximum absolute atomic E-state index is 11.8. The first-order chi connectivity index (χ1) is 16.0. The highest BCUT2D eigenvalue weighted by molar-refractivity contribution is 5.71. The van der Waals surface area contributed by atoms with E-state index < -0.39 is 16.8 Å². The van der Waals surface area contributed by atoms with Crippen molar-refractivity contribution in [2.45, 2.75) is 12.8 Å². The van der Waals surface area contributed by atoms with Gasteiger partial charge in [0, 0.05) is 13.1 Å². The summed E-state index contributed by atoms with van der Waals surface area (Å²) in [4.78, 5) is 32.2. The second-order valence-corrected chi connectivity index (χ2v) is 7.52. The van der Waals surface area contributed by atoms with Crippen molar-refractivity contribution >= 4 is 17.5 Å². The first-order valence-electron chi connectivity index (χ1n) is 10.2. The van der Waals surface area contributed by atoms with Crippen LogP contribution in [-0.4, -0.2) is 39.1 Å². The van der Waals surface area contributed by atoms with Crippen molar-refractivity contribution in [3.8, 4) is 28.8 Å². The lowest BCUT2D eigenvalue weighted by molar-refractivity contribution is -0.385. The summed E-state index contributed by atoms with van der Waals surface area (Å²) in [5.74, 6) is -1.03. The second kappa shape index (κ2) is 9.32. The number of benzene rings is 2. The zero-order valence-electron chi connectivity index (χ0n) is 17.4. The molecule has 0 atom stereocenters. The van der Waals surface area contributed by atoms with Crippen molar-refractivity contribution in [3.63, 3.8) is 0 Å². The lowest BCUT2D eigenvalue weighted by atomic mass is 9.97. The van der Waals surface area contributed by atoms with Crippen molar-refractivity contribution < 1.29 is 19.6 Å². The summed E-state index contributed by atoms with van der Waals surface area (Å²) in [5.41, 5.74) is 2.02. The van der Waals surface area contributed by atoms with Gasteiger partial charge in [0.1, 0.15) is 12.1 Å². The van der Waals surface area contributed by atoms with Crippen molar-refractivity contribution in [1.82, 2.24) is 9.97 Å². The number of carbonyl (C=O) groups is 1. The molecule has 1 N–H and O–H groups in total. The van der Waals surface area contributed by atoms with Gasteiger partial charge in [-0.1, -0.05) is 24.3 Å². The molecule has 0 unspecified atom stereocenters. The lowest BCUT2D eigenvalue weighted by Gasteiger charge is -2.30. The maximum atomic E-state index is 11.8. The zero-order chi connectivity index (χ0) is 23.4. The van der Waals surface area contributed by atoms with Gasteiger partial charge in [0.15, 0.2) is 0 Å². The number of rotatable bonds is 6. The highest BCUT2D eigenvalue weighted by Crippen LogP contribution is 2.37. The van der Waals surface area contributed by atoms with Crippen molar-refractivity contribution in [3.05, 3.63) is 70.5 Å². The highest BCUT2D eigenvalue weighted by Gasteiger charge is 2.32. The molecule has 166 valence electrons. The molecule has 0 amide bonds. The Balaban J connectivity index is 1.55. The Morgan fingerprint density at radius 1 is 1.09 bits per heavy atom. The van der Waals surface area contributed by atoms with Crippen LogP contribution in [0.4, 0.5) is 11.5 Å².